The summed E-state index contributed by atoms with van der Waals surface area (Å²) in [6.07, 6.45) is 0.760. The van der Waals surface area contributed by atoms with Crippen molar-refractivity contribution in [3.63, 3.8) is 0 Å². The molecule has 0 saturated carbocycles. The van der Waals surface area contributed by atoms with Gasteiger partial charge >= 0.3 is 0 Å². The zero-order valence-electron chi connectivity index (χ0n) is 12.9. The molecule has 0 radical (unpaired) electrons. The first-order valence-corrected chi connectivity index (χ1v) is 6.71. The van der Waals surface area contributed by atoms with E-state index in [2.05, 4.69) is 20.4 Å². The molecule has 0 aliphatic rings. The van der Waals surface area contributed by atoms with Gasteiger partial charge < -0.3 is 10.1 Å². The summed E-state index contributed by atoms with van der Waals surface area (Å²) in [5, 5.41) is 7.43. The SMILES string of the molecule is CCc1nc(NC)c(C)c(Oc2c(C)nn(C)c2C)n1. The molecule has 2 aromatic rings. The zero-order chi connectivity index (χ0) is 14.9. The maximum Gasteiger partial charge on any atom is 0.227 e. The van der Waals surface area contributed by atoms with Gasteiger partial charge in [-0.25, -0.2) is 4.98 Å². The van der Waals surface area contributed by atoms with Crippen molar-refractivity contribution in [3.8, 4) is 11.6 Å². The Morgan fingerprint density at radius 3 is 2.40 bits per heavy atom. The Morgan fingerprint density at radius 1 is 1.20 bits per heavy atom. The van der Waals surface area contributed by atoms with Gasteiger partial charge in [-0.05, 0) is 20.8 Å². The Balaban J connectivity index is 2.47. The molecule has 6 heteroatoms. The molecule has 0 aliphatic heterocycles. The number of nitrogens with zero attached hydrogens (tertiary/aromatic N) is 4. The fraction of sp³-hybridized carbons (Fsp3) is 0.500. The molecule has 2 heterocycles. The maximum atomic E-state index is 6.00. The largest absolute Gasteiger partial charge is 0.435 e. The standard InChI is InChI=1S/C14H21N5O/c1-7-11-16-13(15-5)8(2)14(17-11)20-12-9(3)18-19(6)10(12)4/h7H2,1-6H3,(H,15,16,17). The minimum absolute atomic E-state index is 0.584. The Morgan fingerprint density at radius 2 is 1.90 bits per heavy atom. The minimum Gasteiger partial charge on any atom is -0.435 e. The lowest BCUT2D eigenvalue weighted by Crippen LogP contribution is -2.05. The van der Waals surface area contributed by atoms with Crippen LogP contribution < -0.4 is 10.1 Å². The van der Waals surface area contributed by atoms with Crippen LogP contribution >= 0.6 is 0 Å². The number of hydrogen-bond acceptors (Lipinski definition) is 5. The van der Waals surface area contributed by atoms with Crippen molar-refractivity contribution in [2.45, 2.75) is 34.1 Å². The Hall–Kier alpha value is -2.11. The van der Waals surface area contributed by atoms with Crippen molar-refractivity contribution in [3.05, 3.63) is 22.8 Å². The van der Waals surface area contributed by atoms with Gasteiger partial charge in [0.1, 0.15) is 17.3 Å². The van der Waals surface area contributed by atoms with Crippen molar-refractivity contribution < 1.29 is 4.74 Å². The van der Waals surface area contributed by atoms with Crippen LogP contribution in [-0.4, -0.2) is 26.8 Å². The van der Waals surface area contributed by atoms with Crippen molar-refractivity contribution in [2.75, 3.05) is 12.4 Å². The molecule has 108 valence electrons. The van der Waals surface area contributed by atoms with E-state index in [1.165, 1.54) is 0 Å². The Kier molecular flexibility index (Phi) is 3.92. The Bertz CT molecular complexity index is 633. The minimum atomic E-state index is 0.584. The number of hydrogen-bond donors (Lipinski definition) is 1. The van der Waals surface area contributed by atoms with Crippen LogP contribution in [0, 0.1) is 20.8 Å². The van der Waals surface area contributed by atoms with Crippen LogP contribution in [0.5, 0.6) is 11.6 Å². The highest BCUT2D eigenvalue weighted by Crippen LogP contribution is 2.31. The second kappa shape index (κ2) is 5.48. The van der Waals surface area contributed by atoms with Gasteiger partial charge in [-0.3, -0.25) is 4.68 Å². The molecule has 20 heavy (non-hydrogen) atoms. The lowest BCUT2D eigenvalue weighted by Gasteiger charge is -2.12. The van der Waals surface area contributed by atoms with E-state index in [4.69, 9.17) is 4.74 Å². The van der Waals surface area contributed by atoms with Crippen LogP contribution in [0.4, 0.5) is 5.82 Å². The highest BCUT2D eigenvalue weighted by molar-refractivity contribution is 5.49. The molecule has 0 amide bonds. The summed E-state index contributed by atoms with van der Waals surface area (Å²) < 4.78 is 7.81. The summed E-state index contributed by atoms with van der Waals surface area (Å²) in [5.41, 5.74) is 2.73. The van der Waals surface area contributed by atoms with E-state index in [0.29, 0.717) is 5.88 Å². The van der Waals surface area contributed by atoms with E-state index in [1.54, 1.807) is 4.68 Å². The summed E-state index contributed by atoms with van der Waals surface area (Å²) in [7, 11) is 3.75. The highest BCUT2D eigenvalue weighted by Gasteiger charge is 2.16. The van der Waals surface area contributed by atoms with Crippen LogP contribution in [0.3, 0.4) is 0 Å². The summed E-state index contributed by atoms with van der Waals surface area (Å²) >= 11 is 0. The normalized spacial score (nSPS) is 10.7. The topological polar surface area (TPSA) is 64.9 Å². The Labute approximate surface area is 119 Å². The van der Waals surface area contributed by atoms with E-state index in [9.17, 15) is 0 Å². The van der Waals surface area contributed by atoms with Gasteiger partial charge in [-0.1, -0.05) is 6.92 Å². The van der Waals surface area contributed by atoms with Gasteiger partial charge in [0, 0.05) is 20.5 Å². The second-order valence-electron chi connectivity index (χ2n) is 4.75. The molecule has 0 atom stereocenters. The average Bonchev–Trinajstić information content (AvgIpc) is 2.67. The lowest BCUT2D eigenvalue weighted by molar-refractivity contribution is 0.447. The second-order valence-corrected chi connectivity index (χ2v) is 4.75. The number of nitrogens with one attached hydrogen (secondary N) is 1. The third-order valence-corrected chi connectivity index (χ3v) is 3.34. The lowest BCUT2D eigenvalue weighted by atomic mass is 10.3. The van der Waals surface area contributed by atoms with E-state index in [1.807, 2.05) is 41.8 Å². The number of aromatic nitrogens is 4. The number of anilines is 1. The molecular formula is C14H21N5O. The molecule has 0 aliphatic carbocycles. The van der Waals surface area contributed by atoms with Crippen LogP contribution in [-0.2, 0) is 13.5 Å². The zero-order valence-corrected chi connectivity index (χ0v) is 12.9. The van der Waals surface area contributed by atoms with Crippen molar-refractivity contribution in [1.29, 1.82) is 0 Å². The summed E-state index contributed by atoms with van der Waals surface area (Å²) in [6, 6.07) is 0. The van der Waals surface area contributed by atoms with Crippen molar-refractivity contribution >= 4 is 5.82 Å². The van der Waals surface area contributed by atoms with E-state index >= 15 is 0 Å². The molecule has 2 aromatic heterocycles. The van der Waals surface area contributed by atoms with Crippen molar-refractivity contribution in [1.82, 2.24) is 19.7 Å². The average molecular weight is 275 g/mol. The molecule has 0 saturated heterocycles. The molecule has 0 aromatic carbocycles. The van der Waals surface area contributed by atoms with Gasteiger partial charge in [0.2, 0.25) is 5.88 Å². The smallest absolute Gasteiger partial charge is 0.227 e. The molecule has 0 spiro atoms. The molecule has 0 unspecified atom stereocenters. The quantitative estimate of drug-likeness (QED) is 0.929. The molecule has 1 N–H and O–H groups in total. The number of rotatable bonds is 4. The third kappa shape index (κ3) is 2.45. The van der Waals surface area contributed by atoms with Crippen LogP contribution in [0.15, 0.2) is 0 Å². The summed E-state index contributed by atoms with van der Waals surface area (Å²) in [4.78, 5) is 8.91. The van der Waals surface area contributed by atoms with E-state index in [0.717, 1.165) is 40.8 Å². The van der Waals surface area contributed by atoms with Gasteiger partial charge in [0.25, 0.3) is 0 Å². The molecule has 0 fully saturated rings. The van der Waals surface area contributed by atoms with Crippen molar-refractivity contribution in [2.24, 2.45) is 7.05 Å². The van der Waals surface area contributed by atoms with Crippen LogP contribution in [0.2, 0.25) is 0 Å². The fourth-order valence-corrected chi connectivity index (χ4v) is 2.04. The first kappa shape index (κ1) is 14.3. The molecule has 6 nitrogen and oxygen atoms in total. The molecule has 2 rings (SSSR count). The summed E-state index contributed by atoms with van der Waals surface area (Å²) in [5.74, 6) is 2.90. The molecule has 0 bridgehead atoms. The van der Waals surface area contributed by atoms with Gasteiger partial charge in [0.05, 0.1) is 11.3 Å². The molecular weight excluding hydrogens is 254 g/mol. The first-order valence-electron chi connectivity index (χ1n) is 6.71. The first-order chi connectivity index (χ1) is 9.47. The van der Waals surface area contributed by atoms with Gasteiger partial charge in [-0.15, -0.1) is 0 Å². The monoisotopic (exact) mass is 275 g/mol. The van der Waals surface area contributed by atoms with Crippen LogP contribution in [0.1, 0.15) is 29.7 Å². The van der Waals surface area contributed by atoms with Gasteiger partial charge in [0.15, 0.2) is 5.75 Å². The highest BCUT2D eigenvalue weighted by atomic mass is 16.5. The number of aryl methyl sites for hydroxylation is 3. The fourth-order valence-electron chi connectivity index (χ4n) is 2.04. The summed E-state index contributed by atoms with van der Waals surface area (Å²) in [6.45, 7) is 7.88. The maximum absolute atomic E-state index is 6.00. The number of ether oxygens (including phenoxy) is 1. The van der Waals surface area contributed by atoms with Gasteiger partial charge in [-0.2, -0.15) is 10.1 Å². The third-order valence-electron chi connectivity index (χ3n) is 3.34. The van der Waals surface area contributed by atoms with Crippen LogP contribution in [0.25, 0.3) is 0 Å². The van der Waals surface area contributed by atoms with E-state index in [-0.39, 0.29) is 0 Å². The predicted octanol–water partition coefficient (Wildman–Crippen LogP) is 2.53. The predicted molar refractivity (Wildman–Crippen MR) is 78.4 cm³/mol. The van der Waals surface area contributed by atoms with E-state index < -0.39 is 0 Å².